The van der Waals surface area contributed by atoms with Crippen LogP contribution in [0.25, 0.3) is 0 Å². The molecule has 1 aromatic rings. The Morgan fingerprint density at radius 2 is 1.90 bits per heavy atom. The third-order valence-electron chi connectivity index (χ3n) is 5.68. The summed E-state index contributed by atoms with van der Waals surface area (Å²) in [6, 6.07) is 5.77. The monoisotopic (exact) mass is 412 g/mol. The number of nitrogens with one attached hydrogen (secondary N) is 1. The zero-order valence-corrected chi connectivity index (χ0v) is 16.3. The molecule has 1 N–H and O–H groups in total. The van der Waals surface area contributed by atoms with Crippen molar-refractivity contribution < 1.29 is 22.8 Å². The number of halogens is 3. The van der Waals surface area contributed by atoms with Gasteiger partial charge >= 0.3 is 6.18 Å². The number of carbonyl (C=O) groups excluding carboxylic acids is 2. The fraction of sp³-hybridized carbons (Fsp3) is 0.650. The number of alkyl halides is 3. The van der Waals surface area contributed by atoms with Gasteiger partial charge in [0.1, 0.15) is 6.42 Å². The summed E-state index contributed by atoms with van der Waals surface area (Å²) in [6.45, 7) is 2.61. The first-order chi connectivity index (χ1) is 13.8. The highest BCUT2D eigenvalue weighted by Gasteiger charge is 2.36. The Morgan fingerprint density at radius 1 is 1.14 bits per heavy atom. The van der Waals surface area contributed by atoms with Gasteiger partial charge in [-0.3, -0.25) is 19.5 Å². The second-order valence-corrected chi connectivity index (χ2v) is 7.78. The zero-order valence-electron chi connectivity index (χ0n) is 16.3. The number of piperidine rings is 2. The number of likely N-dealkylation sites (tertiary alicyclic amines) is 2. The Morgan fingerprint density at radius 3 is 2.55 bits per heavy atom. The molecule has 9 heteroatoms. The molecule has 0 aliphatic carbocycles. The van der Waals surface area contributed by atoms with E-state index in [1.54, 1.807) is 6.20 Å². The molecule has 2 amide bonds. The Labute approximate surface area is 168 Å². The van der Waals surface area contributed by atoms with Gasteiger partial charge in [0.15, 0.2) is 0 Å². The molecule has 0 radical (unpaired) electrons. The molecule has 0 unspecified atom stereocenters. The van der Waals surface area contributed by atoms with Gasteiger partial charge in [0, 0.05) is 31.9 Å². The molecule has 2 aliphatic rings. The number of pyridine rings is 1. The average molecular weight is 412 g/mol. The molecule has 160 valence electrons. The minimum Gasteiger partial charge on any atom is -0.350 e. The highest BCUT2D eigenvalue weighted by Crippen LogP contribution is 2.26. The van der Waals surface area contributed by atoms with Crippen LogP contribution >= 0.6 is 0 Å². The smallest absolute Gasteiger partial charge is 0.350 e. The second kappa shape index (κ2) is 9.56. The molecule has 1 atom stereocenters. The summed E-state index contributed by atoms with van der Waals surface area (Å²) in [4.78, 5) is 32.1. The summed E-state index contributed by atoms with van der Waals surface area (Å²) in [5, 5.41) is 2.95. The molecule has 3 rings (SSSR count). The van der Waals surface area contributed by atoms with E-state index in [1.165, 1.54) is 4.90 Å². The third kappa shape index (κ3) is 6.42. The van der Waals surface area contributed by atoms with E-state index in [-0.39, 0.29) is 17.9 Å². The van der Waals surface area contributed by atoms with E-state index < -0.39 is 18.5 Å². The van der Waals surface area contributed by atoms with Gasteiger partial charge in [-0.25, -0.2) is 0 Å². The number of hydrogen-bond acceptors (Lipinski definition) is 4. The topological polar surface area (TPSA) is 65.5 Å². The Balaban J connectivity index is 1.45. The minimum absolute atomic E-state index is 0.0122. The Bertz CT molecular complexity index is 691. The van der Waals surface area contributed by atoms with Crippen molar-refractivity contribution in [3.63, 3.8) is 0 Å². The van der Waals surface area contributed by atoms with E-state index in [9.17, 15) is 22.8 Å². The maximum Gasteiger partial charge on any atom is 0.397 e. The second-order valence-electron chi connectivity index (χ2n) is 7.78. The lowest BCUT2D eigenvalue weighted by Crippen LogP contribution is -2.51. The van der Waals surface area contributed by atoms with E-state index in [2.05, 4.69) is 15.2 Å². The molecule has 0 aromatic carbocycles. The van der Waals surface area contributed by atoms with Crippen LogP contribution in [0.2, 0.25) is 0 Å². The van der Waals surface area contributed by atoms with Crippen LogP contribution in [0.4, 0.5) is 13.2 Å². The lowest BCUT2D eigenvalue weighted by Gasteiger charge is -2.42. The van der Waals surface area contributed by atoms with Gasteiger partial charge in [0.2, 0.25) is 11.8 Å². The average Bonchev–Trinajstić information content (AvgIpc) is 2.72. The summed E-state index contributed by atoms with van der Waals surface area (Å²) < 4.78 is 37.3. The first-order valence-electron chi connectivity index (χ1n) is 10.1. The van der Waals surface area contributed by atoms with Crippen LogP contribution in [-0.4, -0.2) is 65.0 Å². The molecule has 29 heavy (non-hydrogen) atoms. The van der Waals surface area contributed by atoms with Gasteiger partial charge in [-0.05, 0) is 44.4 Å². The standard InChI is InChI=1S/C20H27F3N4O2/c21-20(22,23)12-18(28)26-10-6-17(7-11-26)27-9-3-4-15(14-27)19(29)25-13-16-5-1-2-8-24-16/h1-2,5,8,15,17H,3-4,6-7,9-14H2,(H,25,29)/t15-/m0/s1. The summed E-state index contributed by atoms with van der Waals surface area (Å²) in [6.07, 6.45) is -1.13. The van der Waals surface area contributed by atoms with E-state index in [0.717, 1.165) is 25.1 Å². The summed E-state index contributed by atoms with van der Waals surface area (Å²) in [5.41, 5.74) is 0.810. The van der Waals surface area contributed by atoms with Crippen LogP contribution in [-0.2, 0) is 16.1 Å². The van der Waals surface area contributed by atoms with Crippen molar-refractivity contribution in [1.29, 1.82) is 0 Å². The first kappa shape index (κ1) is 21.5. The molecule has 2 fully saturated rings. The molecular weight excluding hydrogens is 385 g/mol. The normalized spacial score (nSPS) is 21.8. The van der Waals surface area contributed by atoms with Crippen LogP contribution in [0.5, 0.6) is 0 Å². The predicted molar refractivity (Wildman–Crippen MR) is 101 cm³/mol. The summed E-state index contributed by atoms with van der Waals surface area (Å²) in [7, 11) is 0. The lowest BCUT2D eigenvalue weighted by atomic mass is 9.93. The van der Waals surface area contributed by atoms with E-state index in [1.807, 2.05) is 18.2 Å². The van der Waals surface area contributed by atoms with Gasteiger partial charge in [0.25, 0.3) is 0 Å². The summed E-state index contributed by atoms with van der Waals surface area (Å²) >= 11 is 0. The highest BCUT2D eigenvalue weighted by molar-refractivity contribution is 5.79. The van der Waals surface area contributed by atoms with Crippen molar-refractivity contribution in [2.24, 2.45) is 5.92 Å². The van der Waals surface area contributed by atoms with Gasteiger partial charge < -0.3 is 10.2 Å². The molecule has 1 aromatic heterocycles. The first-order valence-corrected chi connectivity index (χ1v) is 10.1. The minimum atomic E-state index is -4.46. The van der Waals surface area contributed by atoms with E-state index >= 15 is 0 Å². The van der Waals surface area contributed by atoms with E-state index in [0.29, 0.717) is 39.0 Å². The highest BCUT2D eigenvalue weighted by atomic mass is 19.4. The van der Waals surface area contributed by atoms with Crippen molar-refractivity contribution in [2.45, 2.75) is 50.9 Å². The SMILES string of the molecule is O=C(NCc1ccccn1)[C@H]1CCCN(C2CCN(C(=O)CC(F)(F)F)CC2)C1. The number of carbonyl (C=O) groups is 2. The lowest BCUT2D eigenvalue weighted by molar-refractivity contribution is -0.162. The molecule has 6 nitrogen and oxygen atoms in total. The Hall–Kier alpha value is -2.16. The van der Waals surface area contributed by atoms with Gasteiger partial charge in [-0.15, -0.1) is 0 Å². The molecule has 2 aliphatic heterocycles. The molecule has 3 heterocycles. The Kier molecular flexibility index (Phi) is 7.10. The third-order valence-corrected chi connectivity index (χ3v) is 5.68. The molecule has 0 spiro atoms. The van der Waals surface area contributed by atoms with Crippen molar-refractivity contribution in [1.82, 2.24) is 20.1 Å². The summed E-state index contributed by atoms with van der Waals surface area (Å²) in [5.74, 6) is -0.933. The van der Waals surface area contributed by atoms with Crippen LogP contribution in [0.1, 0.15) is 37.8 Å². The van der Waals surface area contributed by atoms with Crippen LogP contribution < -0.4 is 5.32 Å². The van der Waals surface area contributed by atoms with Gasteiger partial charge in [-0.2, -0.15) is 13.2 Å². The number of aromatic nitrogens is 1. The predicted octanol–water partition coefficient (Wildman–Crippen LogP) is 2.35. The molecule has 0 bridgehead atoms. The van der Waals surface area contributed by atoms with Gasteiger partial charge in [0.05, 0.1) is 18.2 Å². The quantitative estimate of drug-likeness (QED) is 0.807. The van der Waals surface area contributed by atoms with Crippen molar-refractivity contribution in [3.8, 4) is 0 Å². The van der Waals surface area contributed by atoms with Crippen molar-refractivity contribution in [3.05, 3.63) is 30.1 Å². The fourth-order valence-electron chi connectivity index (χ4n) is 4.14. The molecular formula is C20H27F3N4O2. The number of amides is 2. The van der Waals surface area contributed by atoms with Crippen LogP contribution in [0, 0.1) is 5.92 Å². The number of rotatable bonds is 5. The van der Waals surface area contributed by atoms with E-state index in [4.69, 9.17) is 0 Å². The maximum atomic E-state index is 12.5. The molecule has 2 saturated heterocycles. The largest absolute Gasteiger partial charge is 0.397 e. The molecule has 0 saturated carbocycles. The number of hydrogen-bond donors (Lipinski definition) is 1. The van der Waals surface area contributed by atoms with Crippen LogP contribution in [0.3, 0.4) is 0 Å². The number of nitrogens with zero attached hydrogens (tertiary/aromatic N) is 3. The zero-order chi connectivity index (χ0) is 20.9. The van der Waals surface area contributed by atoms with Crippen molar-refractivity contribution >= 4 is 11.8 Å². The van der Waals surface area contributed by atoms with Crippen LogP contribution in [0.15, 0.2) is 24.4 Å². The van der Waals surface area contributed by atoms with Crippen molar-refractivity contribution in [2.75, 3.05) is 26.2 Å². The fourth-order valence-corrected chi connectivity index (χ4v) is 4.14. The van der Waals surface area contributed by atoms with Gasteiger partial charge in [-0.1, -0.05) is 6.07 Å². The maximum absolute atomic E-state index is 12.5.